The summed E-state index contributed by atoms with van der Waals surface area (Å²) in [6.07, 6.45) is 3.43. The molecule has 0 saturated heterocycles. The van der Waals surface area contributed by atoms with Crippen LogP contribution >= 0.6 is 11.3 Å². The third-order valence-electron chi connectivity index (χ3n) is 4.13. The van der Waals surface area contributed by atoms with Gasteiger partial charge in [0, 0.05) is 13.2 Å². The lowest BCUT2D eigenvalue weighted by Crippen LogP contribution is -2.32. The number of carbonyl (C=O) groups excluding carboxylic acids is 1. The number of hydrogen-bond donors (Lipinski definition) is 0. The first kappa shape index (κ1) is 16.4. The van der Waals surface area contributed by atoms with E-state index in [1.54, 1.807) is 29.0 Å². The second kappa shape index (κ2) is 6.68. The number of carbonyl (C=O) groups is 1. The third-order valence-corrected chi connectivity index (χ3v) is 5.19. The monoisotopic (exact) mass is 363 g/mol. The summed E-state index contributed by atoms with van der Waals surface area (Å²) in [5.41, 5.74) is 3.08. The molecule has 0 atom stereocenters. The average Bonchev–Trinajstić information content (AvgIpc) is 3.23. The number of benzene rings is 1. The van der Waals surface area contributed by atoms with E-state index >= 15 is 0 Å². The average molecular weight is 363 g/mol. The van der Waals surface area contributed by atoms with Gasteiger partial charge in [0.05, 0.1) is 28.7 Å². The Bertz CT molecular complexity index is 1020. The number of pyridine rings is 1. The van der Waals surface area contributed by atoms with Crippen LogP contribution in [0.25, 0.3) is 10.2 Å². The van der Waals surface area contributed by atoms with Crippen LogP contribution in [-0.4, -0.2) is 25.7 Å². The SMILES string of the molecule is Cc1cnn(C)c1C(=O)N(Cc1ccccn1)c1nc2ccccc2s1. The zero-order chi connectivity index (χ0) is 18.1. The van der Waals surface area contributed by atoms with Crippen molar-refractivity contribution in [3.05, 3.63) is 71.8 Å². The number of hydrogen-bond acceptors (Lipinski definition) is 5. The molecular formula is C19H17N5OS. The second-order valence-electron chi connectivity index (χ2n) is 5.98. The van der Waals surface area contributed by atoms with E-state index < -0.39 is 0 Å². The minimum absolute atomic E-state index is 0.132. The van der Waals surface area contributed by atoms with Crippen LogP contribution in [0.4, 0.5) is 5.13 Å². The van der Waals surface area contributed by atoms with Crippen molar-refractivity contribution in [2.24, 2.45) is 7.05 Å². The molecule has 130 valence electrons. The first-order valence-electron chi connectivity index (χ1n) is 8.19. The van der Waals surface area contributed by atoms with E-state index in [2.05, 4.69) is 15.1 Å². The fraction of sp³-hybridized carbons (Fsp3) is 0.158. The van der Waals surface area contributed by atoms with Gasteiger partial charge >= 0.3 is 0 Å². The number of anilines is 1. The highest BCUT2D eigenvalue weighted by Gasteiger charge is 2.25. The van der Waals surface area contributed by atoms with Crippen LogP contribution in [0, 0.1) is 6.92 Å². The van der Waals surface area contributed by atoms with Gasteiger partial charge in [0.1, 0.15) is 5.69 Å². The third kappa shape index (κ3) is 2.97. The van der Waals surface area contributed by atoms with Crippen molar-refractivity contribution in [1.29, 1.82) is 0 Å². The number of amides is 1. The van der Waals surface area contributed by atoms with Gasteiger partial charge in [-0.15, -0.1) is 0 Å². The molecule has 3 heterocycles. The molecule has 3 aromatic heterocycles. The summed E-state index contributed by atoms with van der Waals surface area (Å²) in [6.45, 7) is 2.24. The lowest BCUT2D eigenvalue weighted by molar-refractivity contribution is 0.0975. The summed E-state index contributed by atoms with van der Waals surface area (Å²) in [5, 5.41) is 4.85. The van der Waals surface area contributed by atoms with Crippen LogP contribution in [0.3, 0.4) is 0 Å². The summed E-state index contributed by atoms with van der Waals surface area (Å²) < 4.78 is 2.65. The maximum Gasteiger partial charge on any atom is 0.278 e. The molecule has 6 nitrogen and oxygen atoms in total. The van der Waals surface area contributed by atoms with Crippen LogP contribution in [0.5, 0.6) is 0 Å². The molecule has 0 saturated carbocycles. The highest BCUT2D eigenvalue weighted by molar-refractivity contribution is 7.22. The Kier molecular flexibility index (Phi) is 4.22. The summed E-state index contributed by atoms with van der Waals surface area (Å²) >= 11 is 1.50. The molecule has 0 aliphatic heterocycles. The fourth-order valence-corrected chi connectivity index (χ4v) is 3.80. The topological polar surface area (TPSA) is 63.9 Å². The Balaban J connectivity index is 1.79. The van der Waals surface area contributed by atoms with Gasteiger partial charge in [-0.05, 0) is 36.8 Å². The van der Waals surface area contributed by atoms with Crippen molar-refractivity contribution >= 4 is 32.6 Å². The highest BCUT2D eigenvalue weighted by atomic mass is 32.1. The molecule has 0 spiro atoms. The molecule has 1 amide bonds. The maximum atomic E-state index is 13.3. The molecule has 0 aliphatic rings. The normalized spacial score (nSPS) is 11.0. The van der Waals surface area contributed by atoms with E-state index in [1.807, 2.05) is 49.4 Å². The zero-order valence-corrected chi connectivity index (χ0v) is 15.3. The maximum absolute atomic E-state index is 13.3. The Hall–Kier alpha value is -3.06. The Morgan fingerprint density at radius 2 is 2.00 bits per heavy atom. The predicted octanol–water partition coefficient (Wildman–Crippen LogP) is 3.58. The molecule has 0 radical (unpaired) electrons. The van der Waals surface area contributed by atoms with E-state index in [0.717, 1.165) is 21.5 Å². The highest BCUT2D eigenvalue weighted by Crippen LogP contribution is 2.30. The van der Waals surface area contributed by atoms with Crippen molar-refractivity contribution < 1.29 is 4.79 Å². The number of aryl methyl sites for hydroxylation is 2. The quantitative estimate of drug-likeness (QED) is 0.556. The molecule has 0 N–H and O–H groups in total. The standard InChI is InChI=1S/C19H17N5OS/c1-13-11-21-23(2)17(13)18(25)24(12-14-7-5-6-10-20-14)19-22-15-8-3-4-9-16(15)26-19/h3-11H,12H2,1-2H3. The molecule has 0 fully saturated rings. The van der Waals surface area contributed by atoms with E-state index in [9.17, 15) is 4.79 Å². The van der Waals surface area contributed by atoms with E-state index in [1.165, 1.54) is 11.3 Å². The number of para-hydroxylation sites is 1. The molecule has 26 heavy (non-hydrogen) atoms. The van der Waals surface area contributed by atoms with Crippen LogP contribution in [-0.2, 0) is 13.6 Å². The van der Waals surface area contributed by atoms with Gasteiger partial charge in [-0.1, -0.05) is 29.5 Å². The fourth-order valence-electron chi connectivity index (χ4n) is 2.84. The van der Waals surface area contributed by atoms with Crippen LogP contribution in [0.15, 0.2) is 54.9 Å². The molecule has 0 bridgehead atoms. The van der Waals surface area contributed by atoms with Gasteiger partial charge in [-0.25, -0.2) is 4.98 Å². The molecule has 4 aromatic rings. The lowest BCUT2D eigenvalue weighted by atomic mass is 10.2. The van der Waals surface area contributed by atoms with Gasteiger partial charge in [0.2, 0.25) is 0 Å². The molecule has 7 heteroatoms. The Morgan fingerprint density at radius 3 is 2.69 bits per heavy atom. The second-order valence-corrected chi connectivity index (χ2v) is 6.99. The summed E-state index contributed by atoms with van der Waals surface area (Å²) in [6, 6.07) is 13.6. The molecule has 1 aromatic carbocycles. The van der Waals surface area contributed by atoms with Crippen molar-refractivity contribution in [3.8, 4) is 0 Å². The summed E-state index contributed by atoms with van der Waals surface area (Å²) in [5.74, 6) is -0.132. The van der Waals surface area contributed by atoms with E-state index in [-0.39, 0.29) is 5.91 Å². The van der Waals surface area contributed by atoms with Crippen LogP contribution < -0.4 is 4.90 Å². The Labute approximate surface area is 154 Å². The van der Waals surface area contributed by atoms with Crippen molar-refractivity contribution in [1.82, 2.24) is 19.7 Å². The number of aromatic nitrogens is 4. The molecule has 4 rings (SSSR count). The van der Waals surface area contributed by atoms with Gasteiger partial charge in [-0.2, -0.15) is 5.10 Å². The predicted molar refractivity (Wildman–Crippen MR) is 102 cm³/mol. The Morgan fingerprint density at radius 1 is 1.19 bits per heavy atom. The first-order valence-corrected chi connectivity index (χ1v) is 9.01. The van der Waals surface area contributed by atoms with E-state index in [4.69, 9.17) is 0 Å². The van der Waals surface area contributed by atoms with Gasteiger partial charge in [0.15, 0.2) is 5.13 Å². The van der Waals surface area contributed by atoms with Crippen LogP contribution in [0.1, 0.15) is 21.7 Å². The number of fused-ring (bicyclic) bond motifs is 1. The van der Waals surface area contributed by atoms with Gasteiger partial charge in [0.25, 0.3) is 5.91 Å². The summed E-state index contributed by atoms with van der Waals surface area (Å²) in [7, 11) is 1.78. The van der Waals surface area contributed by atoms with Crippen molar-refractivity contribution in [2.45, 2.75) is 13.5 Å². The van der Waals surface area contributed by atoms with Crippen molar-refractivity contribution in [3.63, 3.8) is 0 Å². The van der Waals surface area contributed by atoms with Crippen molar-refractivity contribution in [2.75, 3.05) is 4.90 Å². The van der Waals surface area contributed by atoms with Gasteiger partial charge < -0.3 is 0 Å². The van der Waals surface area contributed by atoms with E-state index in [0.29, 0.717) is 17.4 Å². The largest absolute Gasteiger partial charge is 0.278 e. The lowest BCUT2D eigenvalue weighted by Gasteiger charge is -2.20. The minimum atomic E-state index is -0.132. The van der Waals surface area contributed by atoms with Crippen LogP contribution in [0.2, 0.25) is 0 Å². The summed E-state index contributed by atoms with van der Waals surface area (Å²) in [4.78, 5) is 24.0. The smallest absolute Gasteiger partial charge is 0.277 e. The molecule has 0 aliphatic carbocycles. The zero-order valence-electron chi connectivity index (χ0n) is 14.5. The number of nitrogens with zero attached hydrogens (tertiary/aromatic N) is 5. The number of rotatable bonds is 4. The molecular weight excluding hydrogens is 346 g/mol. The first-order chi connectivity index (χ1) is 12.6. The molecule has 0 unspecified atom stereocenters. The minimum Gasteiger partial charge on any atom is -0.277 e. The number of thiazole rings is 1. The van der Waals surface area contributed by atoms with Gasteiger partial charge in [-0.3, -0.25) is 19.4 Å².